The van der Waals surface area contributed by atoms with Gasteiger partial charge in [0.15, 0.2) is 5.96 Å². The van der Waals surface area contributed by atoms with Crippen LogP contribution >= 0.6 is 35.6 Å². The molecule has 1 heterocycles. The van der Waals surface area contributed by atoms with Gasteiger partial charge in [-0.25, -0.2) is 0 Å². The largest absolute Gasteiger partial charge is 0.497 e. The Hall–Kier alpha value is -1.22. The average Bonchev–Trinajstić information content (AvgIpc) is 2.66. The molecular formula is C19H29ClIN3O3. The first-order valence-electron chi connectivity index (χ1n) is 9.03. The molecule has 27 heavy (non-hydrogen) atoms. The van der Waals surface area contributed by atoms with Crippen LogP contribution in [0.2, 0.25) is 5.02 Å². The van der Waals surface area contributed by atoms with Crippen LogP contribution in [0.1, 0.15) is 25.3 Å². The van der Waals surface area contributed by atoms with E-state index in [0.29, 0.717) is 24.7 Å². The molecular weight excluding hydrogens is 481 g/mol. The van der Waals surface area contributed by atoms with Crippen molar-refractivity contribution in [2.45, 2.75) is 26.2 Å². The summed E-state index contributed by atoms with van der Waals surface area (Å²) in [5.74, 6) is 1.36. The Morgan fingerprint density at radius 1 is 1.44 bits per heavy atom. The highest BCUT2D eigenvalue weighted by atomic mass is 127. The van der Waals surface area contributed by atoms with E-state index in [1.165, 1.54) is 0 Å². The standard InChI is InChI=1S/C19H28ClN3O3.HI/c1-4-26-18(24)15-6-5-11-23(13-15)19(21-2)22-10-9-14-7-8-16(25-3)12-17(14)20;/h7-8,12,15H,4-6,9-11,13H2,1-3H3,(H,21,22);1H. The second-order valence-corrected chi connectivity index (χ2v) is 6.63. The molecule has 0 aliphatic carbocycles. The van der Waals surface area contributed by atoms with Crippen LogP contribution in [0.4, 0.5) is 0 Å². The number of rotatable bonds is 6. The van der Waals surface area contributed by atoms with Gasteiger partial charge in [-0.2, -0.15) is 0 Å². The highest BCUT2D eigenvalue weighted by Gasteiger charge is 2.28. The van der Waals surface area contributed by atoms with Crippen molar-refractivity contribution in [1.29, 1.82) is 0 Å². The SMILES string of the molecule is CCOC(=O)C1CCCN(C(=NC)NCCc2ccc(OC)cc2Cl)C1.I. The number of carbonyl (C=O) groups is 1. The highest BCUT2D eigenvalue weighted by molar-refractivity contribution is 14.0. The van der Waals surface area contributed by atoms with Gasteiger partial charge >= 0.3 is 5.97 Å². The van der Waals surface area contributed by atoms with Gasteiger partial charge in [-0.05, 0) is 43.9 Å². The second kappa shape index (κ2) is 12.3. The molecule has 0 spiro atoms. The van der Waals surface area contributed by atoms with Crippen LogP contribution in [0.3, 0.4) is 0 Å². The van der Waals surface area contributed by atoms with E-state index in [2.05, 4.69) is 15.2 Å². The molecule has 1 aromatic rings. The third-order valence-electron chi connectivity index (χ3n) is 4.49. The van der Waals surface area contributed by atoms with Crippen molar-refractivity contribution < 1.29 is 14.3 Å². The van der Waals surface area contributed by atoms with Crippen molar-refractivity contribution in [3.8, 4) is 5.75 Å². The normalized spacial score (nSPS) is 17.1. The van der Waals surface area contributed by atoms with E-state index in [9.17, 15) is 4.79 Å². The smallest absolute Gasteiger partial charge is 0.310 e. The van der Waals surface area contributed by atoms with Crippen LogP contribution in [0, 0.1) is 5.92 Å². The Kier molecular flexibility index (Phi) is 10.8. The Bertz CT molecular complexity index is 643. The minimum Gasteiger partial charge on any atom is -0.497 e. The van der Waals surface area contributed by atoms with Crippen molar-refractivity contribution >= 4 is 47.5 Å². The molecule has 8 heteroatoms. The van der Waals surface area contributed by atoms with E-state index in [1.54, 1.807) is 14.2 Å². The number of guanidine groups is 1. The number of esters is 1. The first kappa shape index (κ1) is 23.8. The summed E-state index contributed by atoms with van der Waals surface area (Å²) in [7, 11) is 3.38. The summed E-state index contributed by atoms with van der Waals surface area (Å²) in [4.78, 5) is 18.5. The summed E-state index contributed by atoms with van der Waals surface area (Å²) < 4.78 is 10.3. The number of nitrogens with zero attached hydrogens (tertiary/aromatic N) is 2. The van der Waals surface area contributed by atoms with Crippen molar-refractivity contribution in [1.82, 2.24) is 10.2 Å². The zero-order valence-electron chi connectivity index (χ0n) is 16.2. The van der Waals surface area contributed by atoms with Crippen LogP contribution in [0.15, 0.2) is 23.2 Å². The van der Waals surface area contributed by atoms with Crippen LogP contribution in [0.25, 0.3) is 0 Å². The maximum Gasteiger partial charge on any atom is 0.310 e. The maximum atomic E-state index is 12.0. The molecule has 1 saturated heterocycles. The van der Waals surface area contributed by atoms with Crippen LogP contribution in [0.5, 0.6) is 5.75 Å². The lowest BCUT2D eigenvalue weighted by molar-refractivity contribution is -0.149. The number of likely N-dealkylation sites (tertiary alicyclic amines) is 1. The number of nitrogens with one attached hydrogen (secondary N) is 1. The van der Waals surface area contributed by atoms with Gasteiger partial charge in [0, 0.05) is 31.7 Å². The van der Waals surface area contributed by atoms with E-state index in [1.807, 2.05) is 25.1 Å². The quantitative estimate of drug-likeness (QED) is 0.276. The van der Waals surface area contributed by atoms with Gasteiger partial charge in [0.2, 0.25) is 0 Å². The summed E-state index contributed by atoms with van der Waals surface area (Å²) in [5.41, 5.74) is 1.05. The molecule has 0 aromatic heterocycles. The molecule has 1 aliphatic rings. The van der Waals surface area contributed by atoms with Crippen molar-refractivity contribution in [3.05, 3.63) is 28.8 Å². The predicted molar refractivity (Wildman–Crippen MR) is 119 cm³/mol. The lowest BCUT2D eigenvalue weighted by atomic mass is 9.98. The predicted octanol–water partition coefficient (Wildman–Crippen LogP) is 3.36. The Morgan fingerprint density at radius 3 is 2.85 bits per heavy atom. The lowest BCUT2D eigenvalue weighted by Crippen LogP contribution is -2.48. The fourth-order valence-corrected chi connectivity index (χ4v) is 3.39. The van der Waals surface area contributed by atoms with Crippen LogP contribution < -0.4 is 10.1 Å². The van der Waals surface area contributed by atoms with Crippen molar-refractivity contribution in [2.75, 3.05) is 40.4 Å². The van der Waals surface area contributed by atoms with Crippen LogP contribution in [-0.2, 0) is 16.0 Å². The molecule has 0 saturated carbocycles. The number of benzene rings is 1. The average molecular weight is 510 g/mol. The number of carbonyl (C=O) groups excluding carboxylic acids is 1. The third-order valence-corrected chi connectivity index (χ3v) is 4.84. The highest BCUT2D eigenvalue weighted by Crippen LogP contribution is 2.22. The summed E-state index contributed by atoms with van der Waals surface area (Å²) in [6.07, 6.45) is 2.60. The number of halogens is 2. The zero-order valence-corrected chi connectivity index (χ0v) is 19.3. The molecule has 152 valence electrons. The second-order valence-electron chi connectivity index (χ2n) is 6.22. The zero-order chi connectivity index (χ0) is 18.9. The molecule has 1 fully saturated rings. The Morgan fingerprint density at radius 2 is 2.22 bits per heavy atom. The molecule has 1 aromatic carbocycles. The monoisotopic (exact) mass is 509 g/mol. The fraction of sp³-hybridized carbons (Fsp3) is 0.579. The third kappa shape index (κ3) is 7.03. The first-order valence-corrected chi connectivity index (χ1v) is 9.41. The fourth-order valence-electron chi connectivity index (χ4n) is 3.12. The van der Waals surface area contributed by atoms with Gasteiger partial charge < -0.3 is 19.7 Å². The number of hydrogen-bond acceptors (Lipinski definition) is 4. The van der Waals surface area contributed by atoms with Gasteiger partial charge in [-0.3, -0.25) is 9.79 Å². The van der Waals surface area contributed by atoms with Crippen LogP contribution in [-0.4, -0.2) is 57.2 Å². The molecule has 1 unspecified atom stereocenters. The number of aliphatic imine (C=N–C) groups is 1. The number of hydrogen-bond donors (Lipinski definition) is 1. The molecule has 1 N–H and O–H groups in total. The molecule has 0 bridgehead atoms. The lowest BCUT2D eigenvalue weighted by Gasteiger charge is -2.34. The summed E-state index contributed by atoms with van der Waals surface area (Å²) in [5, 5.41) is 4.06. The van der Waals surface area contributed by atoms with Gasteiger partial charge in [0.05, 0.1) is 19.6 Å². The number of ether oxygens (including phenoxy) is 2. The Balaban J connectivity index is 0.00000364. The van der Waals surface area contributed by atoms with E-state index in [4.69, 9.17) is 21.1 Å². The molecule has 0 amide bonds. The van der Waals surface area contributed by atoms with Gasteiger partial charge in [0.25, 0.3) is 0 Å². The van der Waals surface area contributed by atoms with Gasteiger partial charge in [0.1, 0.15) is 5.75 Å². The van der Waals surface area contributed by atoms with Crippen molar-refractivity contribution in [2.24, 2.45) is 10.9 Å². The first-order chi connectivity index (χ1) is 12.6. The minimum absolute atomic E-state index is 0. The molecule has 2 rings (SSSR count). The summed E-state index contributed by atoms with van der Waals surface area (Å²) in [6.45, 7) is 4.49. The van der Waals surface area contributed by atoms with E-state index < -0.39 is 0 Å². The molecule has 6 nitrogen and oxygen atoms in total. The van der Waals surface area contributed by atoms with Gasteiger partial charge in [-0.1, -0.05) is 17.7 Å². The minimum atomic E-state index is -0.113. The van der Waals surface area contributed by atoms with Gasteiger partial charge in [-0.15, -0.1) is 24.0 Å². The maximum absolute atomic E-state index is 12.0. The topological polar surface area (TPSA) is 63.2 Å². The van der Waals surface area contributed by atoms with E-state index >= 15 is 0 Å². The summed E-state index contributed by atoms with van der Waals surface area (Å²) in [6, 6.07) is 5.70. The number of methoxy groups -OCH3 is 1. The number of piperidine rings is 1. The molecule has 1 atom stereocenters. The van der Waals surface area contributed by atoms with Crippen molar-refractivity contribution in [3.63, 3.8) is 0 Å². The molecule has 0 radical (unpaired) electrons. The summed E-state index contributed by atoms with van der Waals surface area (Å²) >= 11 is 6.29. The Labute approximate surface area is 183 Å². The molecule has 1 aliphatic heterocycles. The van der Waals surface area contributed by atoms with E-state index in [-0.39, 0.29) is 35.9 Å². The van der Waals surface area contributed by atoms with E-state index in [0.717, 1.165) is 43.1 Å².